The van der Waals surface area contributed by atoms with Crippen LogP contribution in [0.1, 0.15) is 17.2 Å². The smallest absolute Gasteiger partial charge is 0.269 e. The molecule has 6 heteroatoms. The van der Waals surface area contributed by atoms with E-state index in [4.69, 9.17) is 11.6 Å². The van der Waals surface area contributed by atoms with Crippen LogP contribution in [0.15, 0.2) is 48.5 Å². The van der Waals surface area contributed by atoms with Crippen LogP contribution in [-0.2, 0) is 6.42 Å². The summed E-state index contributed by atoms with van der Waals surface area (Å²) in [4.78, 5) is 10.1. The number of hydrogen-bond donors (Lipinski definition) is 2. The normalized spacial score (nSPS) is 12.1. The third kappa shape index (κ3) is 4.80. The molecule has 0 spiro atoms. The molecule has 2 aromatic rings. The minimum atomic E-state index is -0.615. The predicted octanol–water partition coefficient (Wildman–Crippen LogP) is 3.11. The lowest BCUT2D eigenvalue weighted by atomic mass is 10.1. The molecular weight excluding hydrogens is 304 g/mol. The molecule has 22 heavy (non-hydrogen) atoms. The molecule has 0 saturated carbocycles. The van der Waals surface area contributed by atoms with E-state index in [9.17, 15) is 15.2 Å². The Morgan fingerprint density at radius 3 is 2.59 bits per heavy atom. The van der Waals surface area contributed by atoms with Crippen LogP contribution in [0.5, 0.6) is 0 Å². The fraction of sp³-hybridized carbons (Fsp3) is 0.250. The van der Waals surface area contributed by atoms with Gasteiger partial charge in [-0.05, 0) is 36.2 Å². The monoisotopic (exact) mass is 320 g/mol. The van der Waals surface area contributed by atoms with Gasteiger partial charge in [0.25, 0.3) is 5.69 Å². The number of nitrogens with one attached hydrogen (secondary N) is 1. The van der Waals surface area contributed by atoms with Crippen LogP contribution >= 0.6 is 11.6 Å². The SMILES string of the molecule is O=[N+]([O-])c1ccc(CCNC[C@H](O)c2cccc(Cl)c2)cc1. The summed E-state index contributed by atoms with van der Waals surface area (Å²) in [6, 6.07) is 13.6. The fourth-order valence-corrected chi connectivity index (χ4v) is 2.29. The highest BCUT2D eigenvalue weighted by Crippen LogP contribution is 2.17. The average Bonchev–Trinajstić information content (AvgIpc) is 2.51. The van der Waals surface area contributed by atoms with Gasteiger partial charge in [-0.15, -0.1) is 0 Å². The lowest BCUT2D eigenvalue weighted by molar-refractivity contribution is -0.384. The Hall–Kier alpha value is -1.95. The second kappa shape index (κ2) is 7.89. The quantitative estimate of drug-likeness (QED) is 0.467. The minimum absolute atomic E-state index is 0.0908. The summed E-state index contributed by atoms with van der Waals surface area (Å²) >= 11 is 5.89. The first-order valence-electron chi connectivity index (χ1n) is 6.94. The molecule has 2 N–H and O–H groups in total. The second-order valence-electron chi connectivity index (χ2n) is 4.95. The van der Waals surface area contributed by atoms with E-state index in [1.165, 1.54) is 12.1 Å². The van der Waals surface area contributed by atoms with E-state index in [1.807, 2.05) is 6.07 Å². The van der Waals surface area contributed by atoms with Crippen molar-refractivity contribution in [2.24, 2.45) is 0 Å². The number of aliphatic hydroxyl groups excluding tert-OH is 1. The highest BCUT2D eigenvalue weighted by Gasteiger charge is 2.07. The van der Waals surface area contributed by atoms with Gasteiger partial charge in [0, 0.05) is 23.7 Å². The molecule has 2 rings (SSSR count). The molecule has 0 bridgehead atoms. The van der Waals surface area contributed by atoms with Crippen LogP contribution in [0, 0.1) is 10.1 Å². The Balaban J connectivity index is 1.76. The number of benzene rings is 2. The number of nitro benzene ring substituents is 1. The zero-order valence-electron chi connectivity index (χ0n) is 11.9. The summed E-state index contributed by atoms with van der Waals surface area (Å²) in [7, 11) is 0. The van der Waals surface area contributed by atoms with Crippen LogP contribution in [0.25, 0.3) is 0 Å². The van der Waals surface area contributed by atoms with Crippen molar-refractivity contribution < 1.29 is 10.0 Å². The van der Waals surface area contributed by atoms with Gasteiger partial charge in [-0.3, -0.25) is 10.1 Å². The van der Waals surface area contributed by atoms with Crippen molar-refractivity contribution in [2.75, 3.05) is 13.1 Å². The zero-order valence-corrected chi connectivity index (χ0v) is 12.7. The highest BCUT2D eigenvalue weighted by atomic mass is 35.5. The van der Waals surface area contributed by atoms with Crippen molar-refractivity contribution in [1.82, 2.24) is 5.32 Å². The third-order valence-corrected chi connectivity index (χ3v) is 3.54. The lowest BCUT2D eigenvalue weighted by Gasteiger charge is -2.12. The Morgan fingerprint density at radius 1 is 1.23 bits per heavy atom. The van der Waals surface area contributed by atoms with Crippen LogP contribution in [0.3, 0.4) is 0 Å². The van der Waals surface area contributed by atoms with Crippen LogP contribution in [-0.4, -0.2) is 23.1 Å². The largest absolute Gasteiger partial charge is 0.387 e. The summed E-state index contributed by atoms with van der Waals surface area (Å²) in [6.45, 7) is 1.10. The first-order chi connectivity index (χ1) is 10.6. The number of halogens is 1. The van der Waals surface area contributed by atoms with Crippen molar-refractivity contribution in [3.63, 3.8) is 0 Å². The van der Waals surface area contributed by atoms with Gasteiger partial charge in [-0.1, -0.05) is 35.9 Å². The van der Waals surface area contributed by atoms with E-state index < -0.39 is 11.0 Å². The van der Waals surface area contributed by atoms with Gasteiger partial charge in [0.1, 0.15) is 0 Å². The number of non-ortho nitro benzene ring substituents is 1. The predicted molar refractivity (Wildman–Crippen MR) is 86.1 cm³/mol. The molecule has 0 radical (unpaired) electrons. The van der Waals surface area contributed by atoms with E-state index in [1.54, 1.807) is 30.3 Å². The number of nitro groups is 1. The molecule has 0 aliphatic carbocycles. The molecular formula is C16H17ClN2O3. The van der Waals surface area contributed by atoms with Gasteiger partial charge in [0.05, 0.1) is 11.0 Å². The van der Waals surface area contributed by atoms with Gasteiger partial charge < -0.3 is 10.4 Å². The van der Waals surface area contributed by atoms with Gasteiger partial charge >= 0.3 is 0 Å². The van der Waals surface area contributed by atoms with Crippen LogP contribution in [0.2, 0.25) is 5.02 Å². The molecule has 0 aliphatic heterocycles. The summed E-state index contributed by atoms with van der Waals surface area (Å²) in [5, 5.41) is 24.4. The van der Waals surface area contributed by atoms with E-state index in [0.29, 0.717) is 18.1 Å². The fourth-order valence-electron chi connectivity index (χ4n) is 2.09. The van der Waals surface area contributed by atoms with Gasteiger partial charge in [0.15, 0.2) is 0 Å². The van der Waals surface area contributed by atoms with E-state index in [-0.39, 0.29) is 5.69 Å². The first-order valence-corrected chi connectivity index (χ1v) is 7.31. The van der Waals surface area contributed by atoms with Crippen LogP contribution in [0.4, 0.5) is 5.69 Å². The number of nitrogens with zero attached hydrogens (tertiary/aromatic N) is 1. The summed E-state index contributed by atoms with van der Waals surface area (Å²) in [5.41, 5.74) is 1.87. The topological polar surface area (TPSA) is 75.4 Å². The summed E-state index contributed by atoms with van der Waals surface area (Å²) < 4.78 is 0. The van der Waals surface area contributed by atoms with E-state index in [2.05, 4.69) is 5.32 Å². The molecule has 0 amide bonds. The molecule has 5 nitrogen and oxygen atoms in total. The number of hydrogen-bond acceptors (Lipinski definition) is 4. The van der Waals surface area contributed by atoms with Crippen molar-refractivity contribution >= 4 is 17.3 Å². The highest BCUT2D eigenvalue weighted by molar-refractivity contribution is 6.30. The molecule has 0 unspecified atom stereocenters. The zero-order chi connectivity index (χ0) is 15.9. The maximum Gasteiger partial charge on any atom is 0.269 e. The molecule has 0 aromatic heterocycles. The van der Waals surface area contributed by atoms with Crippen molar-refractivity contribution in [1.29, 1.82) is 0 Å². The molecule has 0 saturated heterocycles. The van der Waals surface area contributed by atoms with E-state index in [0.717, 1.165) is 17.5 Å². The van der Waals surface area contributed by atoms with Gasteiger partial charge in [-0.25, -0.2) is 0 Å². The Kier molecular flexibility index (Phi) is 5.89. The summed E-state index contributed by atoms with van der Waals surface area (Å²) in [6.07, 6.45) is 0.121. The molecule has 0 aliphatic rings. The maximum atomic E-state index is 10.6. The van der Waals surface area contributed by atoms with Crippen LogP contribution < -0.4 is 5.32 Å². The maximum absolute atomic E-state index is 10.6. The molecule has 116 valence electrons. The minimum Gasteiger partial charge on any atom is -0.387 e. The number of rotatable bonds is 7. The van der Waals surface area contributed by atoms with Gasteiger partial charge in [0.2, 0.25) is 0 Å². The van der Waals surface area contributed by atoms with Crippen molar-refractivity contribution in [3.8, 4) is 0 Å². The van der Waals surface area contributed by atoms with Crippen molar-refractivity contribution in [3.05, 3.63) is 74.8 Å². The Bertz CT molecular complexity index is 632. The first kappa shape index (κ1) is 16.4. The Labute approximate surface area is 133 Å². The van der Waals surface area contributed by atoms with Crippen molar-refractivity contribution in [2.45, 2.75) is 12.5 Å². The molecule has 0 heterocycles. The third-order valence-electron chi connectivity index (χ3n) is 3.31. The standard InChI is InChI=1S/C16H17ClN2O3/c17-14-3-1-2-13(10-14)16(20)11-18-9-8-12-4-6-15(7-5-12)19(21)22/h1-7,10,16,18,20H,8-9,11H2/t16-/m0/s1. The second-order valence-corrected chi connectivity index (χ2v) is 5.38. The molecule has 2 aromatic carbocycles. The Morgan fingerprint density at radius 2 is 1.95 bits per heavy atom. The van der Waals surface area contributed by atoms with Gasteiger partial charge in [-0.2, -0.15) is 0 Å². The number of aliphatic hydroxyl groups is 1. The molecule has 1 atom stereocenters. The average molecular weight is 321 g/mol. The lowest BCUT2D eigenvalue weighted by Crippen LogP contribution is -2.23. The molecule has 0 fully saturated rings. The van der Waals surface area contributed by atoms with E-state index >= 15 is 0 Å². The summed E-state index contributed by atoms with van der Waals surface area (Å²) in [5.74, 6) is 0.